The van der Waals surface area contributed by atoms with E-state index >= 15 is 0 Å². The summed E-state index contributed by atoms with van der Waals surface area (Å²) in [5, 5.41) is 10.9. The molecule has 0 atom stereocenters. The number of fused-ring (bicyclic) bond motifs is 3. The molecule has 5 heteroatoms. The van der Waals surface area contributed by atoms with Crippen molar-refractivity contribution >= 4 is 21.9 Å². The molecule has 1 radical (unpaired) electrons. The van der Waals surface area contributed by atoms with E-state index in [9.17, 15) is 5.26 Å². The van der Waals surface area contributed by atoms with E-state index in [-0.39, 0.29) is 59.9 Å². The Morgan fingerprint density at radius 3 is 2.38 bits per heavy atom. The van der Waals surface area contributed by atoms with Crippen LogP contribution in [0.15, 0.2) is 114 Å². The first-order valence-corrected chi connectivity index (χ1v) is 14.7. The summed E-state index contributed by atoms with van der Waals surface area (Å²) in [5.74, 6) is 0. The minimum absolute atomic E-state index is 0. The van der Waals surface area contributed by atoms with Crippen LogP contribution in [-0.4, -0.2) is 9.97 Å². The van der Waals surface area contributed by atoms with E-state index in [1.54, 1.807) is 54.6 Å². The first-order chi connectivity index (χ1) is 25.4. The molecular formula is C42H35IrN3O-2. The summed E-state index contributed by atoms with van der Waals surface area (Å²) in [6, 6.07) is 33.1. The number of hydrogen-bond donors (Lipinski definition) is 0. The topological polar surface area (TPSA) is 62.7 Å². The zero-order valence-electron chi connectivity index (χ0n) is 34.0. The Morgan fingerprint density at radius 1 is 0.872 bits per heavy atom. The van der Waals surface area contributed by atoms with E-state index in [0.29, 0.717) is 34.4 Å². The summed E-state index contributed by atoms with van der Waals surface area (Å²) in [6.07, 6.45) is 3.38. The molecule has 0 unspecified atom stereocenters. The van der Waals surface area contributed by atoms with E-state index in [4.69, 9.17) is 15.4 Å². The predicted molar refractivity (Wildman–Crippen MR) is 187 cm³/mol. The third kappa shape index (κ3) is 7.75. The maximum Gasteiger partial charge on any atom is 0.122 e. The minimum Gasteiger partial charge on any atom is -0.501 e. The van der Waals surface area contributed by atoms with Crippen LogP contribution in [0.25, 0.3) is 55.6 Å². The molecular weight excluding hydrogens is 755 g/mol. The Kier molecular flexibility index (Phi) is 7.38. The largest absolute Gasteiger partial charge is 0.501 e. The molecule has 0 N–H and O–H groups in total. The molecule has 0 saturated carbocycles. The molecule has 0 saturated heterocycles. The van der Waals surface area contributed by atoms with Gasteiger partial charge in [0.25, 0.3) is 0 Å². The third-order valence-electron chi connectivity index (χ3n) is 7.28. The first kappa shape index (κ1) is 24.3. The summed E-state index contributed by atoms with van der Waals surface area (Å²) >= 11 is 0. The molecule has 0 fully saturated rings. The molecule has 7 aromatic rings. The quantitative estimate of drug-likeness (QED) is 0.166. The van der Waals surface area contributed by atoms with Crippen LogP contribution in [0, 0.1) is 42.6 Å². The van der Waals surface area contributed by atoms with Gasteiger partial charge in [0, 0.05) is 46.1 Å². The number of benzene rings is 4. The number of furan rings is 1. The molecule has 0 spiro atoms. The number of hydrogen-bond acceptors (Lipinski definition) is 4. The standard InChI is InChI=1S/C30H25N2O.C12H10N.Ir/c1-19-18-32-27(15-26(19)22-11-8-20(9-12-22)16-30(2,3)4)25-7-5-6-24-23-13-10-21(17-31)14-28(23)33-29(24)25;1-10-7-8-12(13-9-10)11-5-3-2-4-6-11;/h5-6,8-15,18H,16H2,1-4H3;2-5,7-9H,1H3;/q2*-1;/i1D3,11D,12D;1D3;. The number of aryl methyl sites for hydroxylation is 2. The molecule has 0 amide bonds. The van der Waals surface area contributed by atoms with E-state index in [1.165, 1.54) is 12.4 Å². The van der Waals surface area contributed by atoms with Gasteiger partial charge in [0.15, 0.2) is 0 Å². The Bertz CT molecular complexity index is 2490. The summed E-state index contributed by atoms with van der Waals surface area (Å²) in [6.45, 7) is 1.68. The Hall–Kier alpha value is -4.88. The maximum absolute atomic E-state index is 9.27. The fourth-order valence-corrected chi connectivity index (χ4v) is 5.19. The molecule has 4 nitrogen and oxygen atoms in total. The van der Waals surface area contributed by atoms with Gasteiger partial charge in [0.2, 0.25) is 0 Å². The van der Waals surface area contributed by atoms with E-state index in [0.717, 1.165) is 27.6 Å². The van der Waals surface area contributed by atoms with E-state index in [1.807, 2.05) is 30.3 Å². The molecule has 47 heavy (non-hydrogen) atoms. The summed E-state index contributed by atoms with van der Waals surface area (Å²) in [4.78, 5) is 8.58. The molecule has 235 valence electrons. The molecule has 0 bridgehead atoms. The van der Waals surface area contributed by atoms with Gasteiger partial charge >= 0.3 is 0 Å². The van der Waals surface area contributed by atoms with Gasteiger partial charge in [-0.2, -0.15) is 5.26 Å². The monoisotopic (exact) mass is 798 g/mol. The van der Waals surface area contributed by atoms with Crippen LogP contribution in [0.5, 0.6) is 0 Å². The molecule has 3 aromatic heterocycles. The second-order valence-electron chi connectivity index (χ2n) is 12.1. The van der Waals surface area contributed by atoms with Gasteiger partial charge in [-0.1, -0.05) is 80.2 Å². The fraction of sp³-hybridized carbons (Fsp3) is 0.167. The Morgan fingerprint density at radius 2 is 1.70 bits per heavy atom. The summed E-state index contributed by atoms with van der Waals surface area (Å²) in [5.41, 5.74) is 5.64. The second kappa shape index (κ2) is 14.3. The maximum atomic E-state index is 9.27. The van der Waals surface area contributed by atoms with Gasteiger partial charge in [-0.15, -0.1) is 54.1 Å². The number of nitriles is 1. The van der Waals surface area contributed by atoms with Crippen molar-refractivity contribution in [2.75, 3.05) is 0 Å². The van der Waals surface area contributed by atoms with Crippen molar-refractivity contribution in [3.8, 4) is 39.7 Å². The van der Waals surface area contributed by atoms with Crippen molar-refractivity contribution in [3.05, 3.63) is 144 Å². The van der Waals surface area contributed by atoms with Crippen molar-refractivity contribution in [2.24, 2.45) is 5.41 Å². The van der Waals surface area contributed by atoms with E-state index < -0.39 is 13.7 Å². The van der Waals surface area contributed by atoms with Crippen LogP contribution in [0.1, 0.15) is 54.0 Å². The zero-order valence-corrected chi connectivity index (χ0v) is 28.4. The van der Waals surface area contributed by atoms with Crippen LogP contribution >= 0.6 is 0 Å². The van der Waals surface area contributed by atoms with Gasteiger partial charge in [0.1, 0.15) is 5.58 Å². The van der Waals surface area contributed by atoms with Gasteiger partial charge < -0.3 is 14.4 Å². The Balaban J connectivity index is 0.000000286. The van der Waals surface area contributed by atoms with Gasteiger partial charge in [-0.05, 0) is 76.9 Å². The van der Waals surface area contributed by atoms with Gasteiger partial charge in [0.05, 0.1) is 20.0 Å². The summed E-state index contributed by atoms with van der Waals surface area (Å²) in [7, 11) is 0. The van der Waals surface area contributed by atoms with Crippen molar-refractivity contribution in [1.29, 1.82) is 5.26 Å². The number of aromatic nitrogens is 2. The van der Waals surface area contributed by atoms with Crippen molar-refractivity contribution in [3.63, 3.8) is 0 Å². The predicted octanol–water partition coefficient (Wildman–Crippen LogP) is 10.7. The number of nitrogens with zero attached hydrogens (tertiary/aromatic N) is 3. The van der Waals surface area contributed by atoms with Gasteiger partial charge in [-0.3, -0.25) is 0 Å². The first-order valence-electron chi connectivity index (χ1n) is 18.7. The number of pyridine rings is 2. The molecule has 3 heterocycles. The molecule has 0 aliphatic heterocycles. The van der Waals surface area contributed by atoms with Crippen LogP contribution < -0.4 is 0 Å². The van der Waals surface area contributed by atoms with Gasteiger partial charge in [-0.25, -0.2) is 0 Å². The molecule has 0 aliphatic carbocycles. The Labute approximate surface area is 301 Å². The van der Waals surface area contributed by atoms with E-state index in [2.05, 4.69) is 48.9 Å². The minimum atomic E-state index is -2.49. The SMILES string of the molecule is [2H]C([2H])([2H])c1ccc(-c2[c-]cccc2)nc1.[2H]c1cc(CC(C)(C)C)cc([2H])c1-c1cc(-c2[c-]ccc3c2oc2cc(C#N)ccc23)ncc1C([2H])([2H])[2H].[Ir]. The van der Waals surface area contributed by atoms with Crippen molar-refractivity contribution in [2.45, 2.75) is 40.9 Å². The summed E-state index contributed by atoms with van der Waals surface area (Å²) < 4.78 is 69.6. The van der Waals surface area contributed by atoms with Crippen LogP contribution in [0.4, 0.5) is 0 Å². The average Bonchev–Trinajstić information content (AvgIpc) is 3.48. The van der Waals surface area contributed by atoms with Crippen LogP contribution in [0.3, 0.4) is 0 Å². The molecule has 4 aromatic carbocycles. The second-order valence-corrected chi connectivity index (χ2v) is 12.1. The molecule has 7 rings (SSSR count). The average molecular weight is 798 g/mol. The van der Waals surface area contributed by atoms with Crippen molar-refractivity contribution in [1.82, 2.24) is 9.97 Å². The number of rotatable bonds is 4. The molecule has 0 aliphatic rings. The third-order valence-corrected chi connectivity index (χ3v) is 7.28. The zero-order chi connectivity index (χ0) is 39.0. The fourth-order valence-electron chi connectivity index (χ4n) is 5.19. The van der Waals surface area contributed by atoms with Crippen LogP contribution in [0.2, 0.25) is 0 Å². The smallest absolute Gasteiger partial charge is 0.122 e. The van der Waals surface area contributed by atoms with Crippen LogP contribution in [-0.2, 0) is 26.5 Å². The normalized spacial score (nSPS) is 14.0. The van der Waals surface area contributed by atoms with Crippen molar-refractivity contribution < 1.29 is 35.5 Å².